The lowest BCUT2D eigenvalue weighted by atomic mass is 9.98. The van der Waals surface area contributed by atoms with Gasteiger partial charge in [-0.05, 0) is 146 Å². The van der Waals surface area contributed by atoms with Crippen LogP contribution in [0.2, 0.25) is 0 Å². The summed E-state index contributed by atoms with van der Waals surface area (Å²) in [7, 11) is 0. The molecule has 1 aliphatic carbocycles. The topological polar surface area (TPSA) is 16.4 Å². The van der Waals surface area contributed by atoms with E-state index in [1.807, 2.05) is 23.5 Å². The summed E-state index contributed by atoms with van der Waals surface area (Å²) in [4.78, 5) is 2.36. The number of benzene rings is 10. The SMILES string of the molecule is C1=C(c2ccc(N(c3ccc(-c4ccc(-c5ccc6oc7ccccc7c6c5)cc4)cc3)c3ccc(-c4ccc(-c5ccc6sc7ccccc7c6c5)cc4)cc3)cc2)Cc2ccccc21. The third kappa shape index (κ3) is 6.80. The Morgan fingerprint density at radius 1 is 0.333 bits per heavy atom. The van der Waals surface area contributed by atoms with E-state index in [2.05, 4.69) is 229 Å². The zero-order valence-corrected chi connectivity index (χ0v) is 36.8. The van der Waals surface area contributed by atoms with Gasteiger partial charge in [-0.1, -0.05) is 164 Å². The molecule has 0 fully saturated rings. The van der Waals surface area contributed by atoms with Crippen molar-refractivity contribution in [2.75, 3.05) is 4.90 Å². The van der Waals surface area contributed by atoms with E-state index in [4.69, 9.17) is 4.42 Å². The van der Waals surface area contributed by atoms with E-state index in [0.717, 1.165) is 45.4 Å². The Morgan fingerprint density at radius 3 is 1.39 bits per heavy atom. The Morgan fingerprint density at radius 2 is 0.773 bits per heavy atom. The quantitative estimate of drug-likeness (QED) is 0.151. The highest BCUT2D eigenvalue weighted by molar-refractivity contribution is 7.25. The van der Waals surface area contributed by atoms with Gasteiger partial charge in [-0.2, -0.15) is 0 Å². The molecule has 0 radical (unpaired) electrons. The van der Waals surface area contributed by atoms with Crippen molar-refractivity contribution in [3.63, 3.8) is 0 Å². The van der Waals surface area contributed by atoms with Gasteiger partial charge in [0, 0.05) is 48.0 Å². The highest BCUT2D eigenvalue weighted by Crippen LogP contribution is 2.41. The van der Waals surface area contributed by atoms with Gasteiger partial charge in [0.2, 0.25) is 0 Å². The first kappa shape index (κ1) is 38.2. The van der Waals surface area contributed by atoms with Crippen molar-refractivity contribution >= 4 is 82.2 Å². The lowest BCUT2D eigenvalue weighted by molar-refractivity contribution is 0.669. The Bertz CT molecular complexity index is 3600. The average Bonchev–Trinajstić information content (AvgIpc) is 4.11. The number of para-hydroxylation sites is 1. The molecule has 0 unspecified atom stereocenters. The van der Waals surface area contributed by atoms with Gasteiger partial charge in [-0.25, -0.2) is 0 Å². The molecule has 10 aromatic carbocycles. The molecular weight excluding hydrogens is 819 g/mol. The van der Waals surface area contributed by atoms with Crippen LogP contribution in [0.1, 0.15) is 16.7 Å². The minimum atomic E-state index is 0.914. The van der Waals surface area contributed by atoms with Crippen molar-refractivity contribution in [3.8, 4) is 44.5 Å². The standard InChI is InChI=1S/C63H41NOS/c1-2-8-49-38-52(37-48(49)7-1)47-25-33-55(34-26-47)64(53-29-21-43(22-30-53)41-13-17-45(18-14-41)50-27-35-61-58(39-50)56-9-3-5-11-60(56)65-61)54-31-23-44(24-32-54)42-15-19-46(20-16-42)51-28-36-63-59(40-51)57-10-4-6-12-62(57)66-63/h1-37,39-40H,38H2. The maximum Gasteiger partial charge on any atom is 0.135 e. The lowest BCUT2D eigenvalue weighted by Gasteiger charge is -2.26. The van der Waals surface area contributed by atoms with E-state index < -0.39 is 0 Å². The van der Waals surface area contributed by atoms with Crippen LogP contribution in [0.4, 0.5) is 17.1 Å². The van der Waals surface area contributed by atoms with Crippen LogP contribution in [0.3, 0.4) is 0 Å². The fraction of sp³-hybridized carbons (Fsp3) is 0.0159. The first-order valence-corrected chi connectivity index (χ1v) is 23.4. The number of fused-ring (bicyclic) bond motifs is 7. The third-order valence-electron chi connectivity index (χ3n) is 13.4. The van der Waals surface area contributed by atoms with Crippen molar-refractivity contribution in [3.05, 3.63) is 247 Å². The summed E-state index contributed by atoms with van der Waals surface area (Å²) in [6.07, 6.45) is 3.30. The van der Waals surface area contributed by atoms with Crippen LogP contribution in [0.25, 0.3) is 98.3 Å². The molecule has 0 amide bonds. The lowest BCUT2D eigenvalue weighted by Crippen LogP contribution is -2.10. The van der Waals surface area contributed by atoms with Crippen molar-refractivity contribution in [1.29, 1.82) is 0 Å². The number of hydrogen-bond acceptors (Lipinski definition) is 3. The molecule has 0 atom stereocenters. The van der Waals surface area contributed by atoms with E-state index in [-0.39, 0.29) is 0 Å². The van der Waals surface area contributed by atoms with Crippen molar-refractivity contribution in [1.82, 2.24) is 0 Å². The molecule has 2 aromatic heterocycles. The molecule has 13 rings (SSSR count). The van der Waals surface area contributed by atoms with Gasteiger partial charge in [-0.3, -0.25) is 0 Å². The number of anilines is 3. The van der Waals surface area contributed by atoms with Crippen LogP contribution in [0.5, 0.6) is 0 Å². The predicted octanol–water partition coefficient (Wildman–Crippen LogP) is 18.2. The Hall–Kier alpha value is -8.24. The number of furan rings is 1. The summed E-state index contributed by atoms with van der Waals surface area (Å²) in [5.74, 6) is 0. The van der Waals surface area contributed by atoms with Gasteiger partial charge in [-0.15, -0.1) is 11.3 Å². The number of nitrogens with zero attached hydrogens (tertiary/aromatic N) is 1. The van der Waals surface area contributed by atoms with Gasteiger partial charge in [0.15, 0.2) is 0 Å². The number of allylic oxidation sites excluding steroid dienone is 1. The molecule has 66 heavy (non-hydrogen) atoms. The molecular formula is C63H41NOS. The highest BCUT2D eigenvalue weighted by Gasteiger charge is 2.17. The molecule has 0 saturated heterocycles. The Kier molecular flexibility index (Phi) is 9.14. The second kappa shape index (κ2) is 15.8. The summed E-state index contributed by atoms with van der Waals surface area (Å²) in [5, 5.41) is 4.94. The van der Waals surface area contributed by atoms with Crippen molar-refractivity contribution in [2.24, 2.45) is 0 Å². The van der Waals surface area contributed by atoms with Crippen LogP contribution in [0.15, 0.2) is 235 Å². The zero-order valence-electron chi connectivity index (χ0n) is 36.0. The van der Waals surface area contributed by atoms with E-state index in [1.165, 1.54) is 86.9 Å². The summed E-state index contributed by atoms with van der Waals surface area (Å²) in [6.45, 7) is 0. The summed E-state index contributed by atoms with van der Waals surface area (Å²) in [5.41, 5.74) is 20.0. The molecule has 310 valence electrons. The Labute approximate surface area is 387 Å². The second-order valence-electron chi connectivity index (χ2n) is 17.3. The first-order chi connectivity index (χ1) is 32.6. The van der Waals surface area contributed by atoms with Gasteiger partial charge < -0.3 is 9.32 Å². The van der Waals surface area contributed by atoms with Gasteiger partial charge in [0.25, 0.3) is 0 Å². The molecule has 0 spiro atoms. The monoisotopic (exact) mass is 859 g/mol. The zero-order chi connectivity index (χ0) is 43.6. The van der Waals surface area contributed by atoms with E-state index in [0.29, 0.717) is 0 Å². The first-order valence-electron chi connectivity index (χ1n) is 22.6. The molecule has 2 heterocycles. The number of thiophene rings is 1. The predicted molar refractivity (Wildman–Crippen MR) is 281 cm³/mol. The molecule has 1 aliphatic rings. The van der Waals surface area contributed by atoms with Crippen LogP contribution in [0, 0.1) is 0 Å². The molecule has 0 bridgehead atoms. The molecule has 0 aliphatic heterocycles. The maximum absolute atomic E-state index is 6.09. The van der Waals surface area contributed by atoms with Crippen LogP contribution in [-0.4, -0.2) is 0 Å². The average molecular weight is 860 g/mol. The fourth-order valence-corrected chi connectivity index (χ4v) is 11.0. The van der Waals surface area contributed by atoms with E-state index in [1.54, 1.807) is 0 Å². The molecule has 3 heteroatoms. The van der Waals surface area contributed by atoms with Gasteiger partial charge in [0.05, 0.1) is 0 Å². The highest BCUT2D eigenvalue weighted by atomic mass is 32.1. The smallest absolute Gasteiger partial charge is 0.135 e. The van der Waals surface area contributed by atoms with Gasteiger partial charge >= 0.3 is 0 Å². The van der Waals surface area contributed by atoms with Crippen molar-refractivity contribution < 1.29 is 4.42 Å². The summed E-state index contributed by atoms with van der Waals surface area (Å²) < 4.78 is 8.75. The van der Waals surface area contributed by atoms with E-state index >= 15 is 0 Å². The molecule has 0 saturated carbocycles. The molecule has 2 nitrogen and oxygen atoms in total. The second-order valence-corrected chi connectivity index (χ2v) is 18.4. The van der Waals surface area contributed by atoms with Gasteiger partial charge in [0.1, 0.15) is 11.2 Å². The normalized spacial score (nSPS) is 12.3. The fourth-order valence-electron chi connectivity index (χ4n) is 9.86. The molecule has 0 N–H and O–H groups in total. The summed E-state index contributed by atoms with van der Waals surface area (Å²) in [6, 6.07) is 83.9. The third-order valence-corrected chi connectivity index (χ3v) is 14.5. The van der Waals surface area contributed by atoms with Crippen molar-refractivity contribution in [2.45, 2.75) is 6.42 Å². The van der Waals surface area contributed by atoms with E-state index in [9.17, 15) is 0 Å². The molecule has 12 aromatic rings. The Balaban J connectivity index is 0.794. The maximum atomic E-state index is 6.09. The minimum absolute atomic E-state index is 0.914. The summed E-state index contributed by atoms with van der Waals surface area (Å²) >= 11 is 1.86. The minimum Gasteiger partial charge on any atom is -0.456 e. The number of hydrogen-bond donors (Lipinski definition) is 0. The number of rotatable bonds is 8. The largest absolute Gasteiger partial charge is 0.456 e. The van der Waals surface area contributed by atoms with Crippen LogP contribution in [-0.2, 0) is 6.42 Å². The van der Waals surface area contributed by atoms with Crippen LogP contribution >= 0.6 is 11.3 Å². The van der Waals surface area contributed by atoms with Crippen LogP contribution < -0.4 is 4.90 Å².